The third-order valence-corrected chi connectivity index (χ3v) is 3.31. The SMILES string of the molecule is CN(C(=O)c1cccc(OC(F)(F)F)c1)C1CCC(=O)NC1=O. The first kappa shape index (κ1) is 16.8. The molecule has 1 N–H and O–H groups in total. The number of benzene rings is 1. The van der Waals surface area contributed by atoms with Gasteiger partial charge in [-0.15, -0.1) is 13.2 Å². The molecule has 1 aromatic rings. The molecule has 1 aliphatic rings. The molecule has 0 radical (unpaired) electrons. The molecular formula is C14H13F3N2O4. The van der Waals surface area contributed by atoms with E-state index in [2.05, 4.69) is 10.1 Å². The number of hydrogen-bond donors (Lipinski definition) is 1. The van der Waals surface area contributed by atoms with Crippen molar-refractivity contribution < 1.29 is 32.3 Å². The Kier molecular flexibility index (Phi) is 4.57. The van der Waals surface area contributed by atoms with Gasteiger partial charge in [-0.05, 0) is 24.6 Å². The lowest BCUT2D eigenvalue weighted by molar-refractivity contribution is -0.274. The first-order chi connectivity index (χ1) is 10.7. The molecule has 0 saturated carbocycles. The first-order valence-corrected chi connectivity index (χ1v) is 6.64. The van der Waals surface area contributed by atoms with Crippen molar-refractivity contribution in [3.05, 3.63) is 29.8 Å². The maximum atomic E-state index is 12.3. The molecule has 23 heavy (non-hydrogen) atoms. The molecule has 9 heteroatoms. The van der Waals surface area contributed by atoms with Crippen molar-refractivity contribution in [3.63, 3.8) is 0 Å². The second-order valence-corrected chi connectivity index (χ2v) is 4.96. The summed E-state index contributed by atoms with van der Waals surface area (Å²) >= 11 is 0. The third kappa shape index (κ3) is 4.21. The van der Waals surface area contributed by atoms with Gasteiger partial charge in [-0.1, -0.05) is 6.07 Å². The lowest BCUT2D eigenvalue weighted by Gasteiger charge is -2.29. The Bertz CT molecular complexity index is 645. The predicted molar refractivity (Wildman–Crippen MR) is 71.4 cm³/mol. The van der Waals surface area contributed by atoms with Crippen molar-refractivity contribution in [3.8, 4) is 5.75 Å². The topological polar surface area (TPSA) is 75.7 Å². The highest BCUT2D eigenvalue weighted by Gasteiger charge is 2.34. The summed E-state index contributed by atoms with van der Waals surface area (Å²) in [6.07, 6.45) is -4.62. The van der Waals surface area contributed by atoms with E-state index in [0.717, 1.165) is 17.0 Å². The molecule has 1 saturated heterocycles. The highest BCUT2D eigenvalue weighted by Crippen LogP contribution is 2.24. The van der Waals surface area contributed by atoms with E-state index in [0.29, 0.717) is 0 Å². The minimum Gasteiger partial charge on any atom is -0.406 e. The van der Waals surface area contributed by atoms with Gasteiger partial charge in [0.15, 0.2) is 0 Å². The fourth-order valence-corrected chi connectivity index (χ4v) is 2.22. The zero-order valence-corrected chi connectivity index (χ0v) is 12.0. The van der Waals surface area contributed by atoms with Gasteiger partial charge >= 0.3 is 6.36 Å². The predicted octanol–water partition coefficient (Wildman–Crippen LogP) is 1.46. The number of imide groups is 1. The van der Waals surface area contributed by atoms with Gasteiger partial charge < -0.3 is 9.64 Å². The lowest BCUT2D eigenvalue weighted by atomic mass is 10.0. The van der Waals surface area contributed by atoms with Crippen LogP contribution in [0.5, 0.6) is 5.75 Å². The quantitative estimate of drug-likeness (QED) is 0.852. The van der Waals surface area contributed by atoms with Crippen molar-refractivity contribution in [1.82, 2.24) is 10.2 Å². The Morgan fingerprint density at radius 3 is 2.65 bits per heavy atom. The van der Waals surface area contributed by atoms with Crippen LogP contribution in [0.4, 0.5) is 13.2 Å². The molecular weight excluding hydrogens is 317 g/mol. The van der Waals surface area contributed by atoms with Crippen LogP contribution in [0.1, 0.15) is 23.2 Å². The summed E-state index contributed by atoms with van der Waals surface area (Å²) in [6, 6.07) is 3.71. The Hall–Kier alpha value is -2.58. The number of alkyl halides is 3. The summed E-state index contributed by atoms with van der Waals surface area (Å²) in [5.74, 6) is -2.21. The van der Waals surface area contributed by atoms with Crippen LogP contribution < -0.4 is 10.1 Å². The summed E-state index contributed by atoms with van der Waals surface area (Å²) in [4.78, 5) is 36.2. The Morgan fingerprint density at radius 2 is 2.04 bits per heavy atom. The average Bonchev–Trinajstić information content (AvgIpc) is 2.44. The molecule has 1 aliphatic heterocycles. The van der Waals surface area contributed by atoms with Gasteiger partial charge in [0.25, 0.3) is 5.91 Å². The molecule has 1 fully saturated rings. The summed E-state index contributed by atoms with van der Waals surface area (Å²) < 4.78 is 40.4. The second-order valence-electron chi connectivity index (χ2n) is 4.96. The second kappa shape index (κ2) is 6.27. The average molecular weight is 330 g/mol. The molecule has 0 bridgehead atoms. The van der Waals surface area contributed by atoms with E-state index in [1.54, 1.807) is 0 Å². The Balaban J connectivity index is 2.15. The molecule has 2 rings (SSSR count). The number of hydrogen-bond acceptors (Lipinski definition) is 4. The van der Waals surface area contributed by atoms with Crippen LogP contribution in [0.2, 0.25) is 0 Å². The zero-order chi connectivity index (χ0) is 17.2. The van der Waals surface area contributed by atoms with E-state index in [1.165, 1.54) is 19.2 Å². The van der Waals surface area contributed by atoms with Gasteiger partial charge in [-0.3, -0.25) is 19.7 Å². The Labute approximate surface area is 129 Å². The largest absolute Gasteiger partial charge is 0.573 e. The summed E-state index contributed by atoms with van der Waals surface area (Å²) in [5.41, 5.74) is -0.0565. The maximum absolute atomic E-state index is 12.3. The monoisotopic (exact) mass is 330 g/mol. The van der Waals surface area contributed by atoms with Crippen LogP contribution in [-0.2, 0) is 9.59 Å². The van der Waals surface area contributed by atoms with Crippen molar-refractivity contribution in [2.75, 3.05) is 7.05 Å². The third-order valence-electron chi connectivity index (χ3n) is 3.31. The molecule has 6 nitrogen and oxygen atoms in total. The summed E-state index contributed by atoms with van der Waals surface area (Å²) in [5, 5.41) is 2.11. The fourth-order valence-electron chi connectivity index (χ4n) is 2.22. The lowest BCUT2D eigenvalue weighted by Crippen LogP contribution is -2.52. The van der Waals surface area contributed by atoms with Crippen molar-refractivity contribution in [1.29, 1.82) is 0 Å². The van der Waals surface area contributed by atoms with E-state index < -0.39 is 35.9 Å². The maximum Gasteiger partial charge on any atom is 0.573 e. The first-order valence-electron chi connectivity index (χ1n) is 6.64. The number of rotatable bonds is 3. The van der Waals surface area contributed by atoms with Crippen LogP contribution in [0.15, 0.2) is 24.3 Å². The molecule has 0 aliphatic carbocycles. The number of halogens is 3. The number of ether oxygens (including phenoxy) is 1. The number of amides is 3. The molecule has 124 valence electrons. The van der Waals surface area contributed by atoms with Crippen molar-refractivity contribution in [2.24, 2.45) is 0 Å². The summed E-state index contributed by atoms with van der Waals surface area (Å²) in [6.45, 7) is 0. The van der Waals surface area contributed by atoms with Crippen molar-refractivity contribution >= 4 is 17.7 Å². The van der Waals surface area contributed by atoms with E-state index in [9.17, 15) is 27.6 Å². The number of nitrogens with zero attached hydrogens (tertiary/aromatic N) is 1. The number of piperidine rings is 1. The highest BCUT2D eigenvalue weighted by molar-refractivity contribution is 6.03. The standard InChI is InChI=1S/C14H13F3N2O4/c1-19(10-5-6-11(20)18-12(10)21)13(22)8-3-2-4-9(7-8)23-14(15,16)17/h2-4,7,10H,5-6H2,1H3,(H,18,20,21). The van der Waals surface area contributed by atoms with Gasteiger partial charge in [0, 0.05) is 19.0 Å². The molecule has 1 heterocycles. The Morgan fingerprint density at radius 1 is 1.35 bits per heavy atom. The minimum absolute atomic E-state index is 0.0565. The molecule has 1 atom stereocenters. The normalized spacial score (nSPS) is 18.3. The number of nitrogens with one attached hydrogen (secondary N) is 1. The van der Waals surface area contributed by atoms with E-state index in [4.69, 9.17) is 0 Å². The molecule has 1 aromatic carbocycles. The minimum atomic E-state index is -4.86. The van der Waals surface area contributed by atoms with E-state index >= 15 is 0 Å². The van der Waals surface area contributed by atoms with Crippen LogP contribution in [0.25, 0.3) is 0 Å². The van der Waals surface area contributed by atoms with Gasteiger partial charge in [-0.2, -0.15) is 0 Å². The molecule has 0 aromatic heterocycles. The smallest absolute Gasteiger partial charge is 0.406 e. The van der Waals surface area contributed by atoms with Gasteiger partial charge in [0.05, 0.1) is 0 Å². The van der Waals surface area contributed by atoms with Gasteiger partial charge in [0.2, 0.25) is 11.8 Å². The van der Waals surface area contributed by atoms with Gasteiger partial charge in [0.1, 0.15) is 11.8 Å². The molecule has 0 spiro atoms. The van der Waals surface area contributed by atoms with Gasteiger partial charge in [-0.25, -0.2) is 0 Å². The van der Waals surface area contributed by atoms with E-state index in [1.807, 2.05) is 0 Å². The van der Waals surface area contributed by atoms with Crippen LogP contribution >= 0.6 is 0 Å². The van der Waals surface area contributed by atoms with Crippen LogP contribution in [-0.4, -0.2) is 42.1 Å². The summed E-state index contributed by atoms with van der Waals surface area (Å²) in [7, 11) is 1.35. The number of carbonyl (C=O) groups excluding carboxylic acids is 3. The molecule has 1 unspecified atom stereocenters. The van der Waals surface area contributed by atoms with Crippen molar-refractivity contribution in [2.45, 2.75) is 25.2 Å². The zero-order valence-electron chi connectivity index (χ0n) is 12.0. The highest BCUT2D eigenvalue weighted by atomic mass is 19.4. The van der Waals surface area contributed by atoms with E-state index in [-0.39, 0.29) is 18.4 Å². The molecule has 3 amide bonds. The van der Waals surface area contributed by atoms with Crippen LogP contribution in [0.3, 0.4) is 0 Å². The van der Waals surface area contributed by atoms with Crippen LogP contribution in [0, 0.1) is 0 Å². The number of carbonyl (C=O) groups is 3. The number of likely N-dealkylation sites (N-methyl/N-ethyl adjacent to an activating group) is 1. The fraction of sp³-hybridized carbons (Fsp3) is 0.357.